The molecule has 0 aliphatic carbocycles. The molecule has 1 heterocycles. The third kappa shape index (κ3) is 3.59. The summed E-state index contributed by atoms with van der Waals surface area (Å²) in [4.78, 5) is 14.1. The first-order valence-electron chi connectivity index (χ1n) is 5.81. The summed E-state index contributed by atoms with van der Waals surface area (Å²) in [6.45, 7) is 5.62. The van der Waals surface area contributed by atoms with Crippen LogP contribution in [0.1, 0.15) is 26.7 Å². The molecule has 0 bridgehead atoms. The van der Waals surface area contributed by atoms with Crippen LogP contribution < -0.4 is 0 Å². The number of alkyl halides is 3. The van der Waals surface area contributed by atoms with E-state index in [0.29, 0.717) is 18.9 Å². The minimum atomic E-state index is -4.76. The third-order valence-corrected chi connectivity index (χ3v) is 3.34. The minimum Gasteiger partial charge on any atom is -0.335 e. The van der Waals surface area contributed by atoms with E-state index in [2.05, 4.69) is 18.7 Å². The Bertz CT molecular complexity index is 270. The van der Waals surface area contributed by atoms with Crippen molar-refractivity contribution < 1.29 is 18.0 Å². The summed E-state index contributed by atoms with van der Waals surface area (Å²) in [5, 5.41) is 0. The molecule has 3 nitrogen and oxygen atoms in total. The molecular formula is C11H19F3N2O. The number of carbonyl (C=O) groups excluding carboxylic acids is 1. The Morgan fingerprint density at radius 1 is 1.29 bits per heavy atom. The van der Waals surface area contributed by atoms with Crippen molar-refractivity contribution >= 4 is 5.91 Å². The molecule has 1 saturated heterocycles. The molecule has 1 rings (SSSR count). The molecule has 1 fully saturated rings. The lowest BCUT2D eigenvalue weighted by atomic mass is 10.0. The van der Waals surface area contributed by atoms with E-state index < -0.39 is 12.1 Å². The van der Waals surface area contributed by atoms with Crippen LogP contribution >= 0.6 is 0 Å². The van der Waals surface area contributed by atoms with Crippen molar-refractivity contribution in [1.82, 2.24) is 9.80 Å². The number of hydrogen-bond donors (Lipinski definition) is 0. The molecule has 0 spiro atoms. The van der Waals surface area contributed by atoms with Crippen LogP contribution in [-0.2, 0) is 4.79 Å². The molecule has 6 heteroatoms. The van der Waals surface area contributed by atoms with Gasteiger partial charge in [0.25, 0.3) is 0 Å². The highest BCUT2D eigenvalue weighted by atomic mass is 19.4. The molecule has 0 aromatic carbocycles. The number of hydrogen-bond acceptors (Lipinski definition) is 2. The smallest absolute Gasteiger partial charge is 0.335 e. The van der Waals surface area contributed by atoms with Crippen molar-refractivity contribution in [1.29, 1.82) is 0 Å². The van der Waals surface area contributed by atoms with Gasteiger partial charge in [0, 0.05) is 32.2 Å². The normalized spacial score (nSPS) is 19.7. The zero-order chi connectivity index (χ0) is 13.2. The summed E-state index contributed by atoms with van der Waals surface area (Å²) >= 11 is 0. The van der Waals surface area contributed by atoms with Crippen LogP contribution in [0.15, 0.2) is 0 Å². The van der Waals surface area contributed by atoms with Gasteiger partial charge in [0.05, 0.1) is 0 Å². The lowest BCUT2D eigenvalue weighted by Gasteiger charge is -2.38. The van der Waals surface area contributed by atoms with Crippen molar-refractivity contribution in [3.63, 3.8) is 0 Å². The summed E-state index contributed by atoms with van der Waals surface area (Å²) in [6, 6.07) is 0.110. The van der Waals surface area contributed by atoms with Gasteiger partial charge < -0.3 is 9.80 Å². The summed E-state index contributed by atoms with van der Waals surface area (Å²) in [5.74, 6) is -1.74. The first-order valence-corrected chi connectivity index (χ1v) is 5.81. The Kier molecular flexibility index (Phi) is 4.41. The van der Waals surface area contributed by atoms with E-state index >= 15 is 0 Å². The van der Waals surface area contributed by atoms with Gasteiger partial charge in [0.1, 0.15) is 0 Å². The second kappa shape index (κ2) is 5.25. The van der Waals surface area contributed by atoms with Crippen LogP contribution in [0, 0.1) is 0 Å². The lowest BCUT2D eigenvalue weighted by molar-refractivity contribution is -0.187. The summed E-state index contributed by atoms with van der Waals surface area (Å²) in [6.07, 6.45) is -3.54. The van der Waals surface area contributed by atoms with Gasteiger partial charge in [-0.2, -0.15) is 13.2 Å². The SMILES string of the molecule is CC(C)N1CCC(N(C)C(=O)C(F)(F)F)CC1. The zero-order valence-electron chi connectivity index (χ0n) is 10.4. The molecule has 17 heavy (non-hydrogen) atoms. The topological polar surface area (TPSA) is 23.6 Å². The van der Waals surface area contributed by atoms with E-state index in [4.69, 9.17) is 0 Å². The van der Waals surface area contributed by atoms with E-state index in [1.165, 1.54) is 7.05 Å². The number of likely N-dealkylation sites (tertiary alicyclic amines) is 1. The van der Waals surface area contributed by atoms with Crippen molar-refractivity contribution in [2.75, 3.05) is 20.1 Å². The fraction of sp³-hybridized carbons (Fsp3) is 0.909. The van der Waals surface area contributed by atoms with Crippen LogP contribution in [0.2, 0.25) is 0 Å². The maximum Gasteiger partial charge on any atom is 0.471 e. The standard InChI is InChI=1S/C11H19F3N2O/c1-8(2)16-6-4-9(5-7-16)15(3)10(17)11(12,13)14/h8-9H,4-7H2,1-3H3. The average molecular weight is 252 g/mol. The molecule has 1 amide bonds. The molecule has 0 atom stereocenters. The number of nitrogens with zero attached hydrogens (tertiary/aromatic N) is 2. The molecule has 0 saturated carbocycles. The van der Waals surface area contributed by atoms with Crippen molar-refractivity contribution in [2.24, 2.45) is 0 Å². The van der Waals surface area contributed by atoms with Crippen LogP contribution in [-0.4, -0.2) is 54.1 Å². The van der Waals surface area contributed by atoms with Gasteiger partial charge in [0.2, 0.25) is 0 Å². The third-order valence-electron chi connectivity index (χ3n) is 3.34. The highest BCUT2D eigenvalue weighted by Gasteiger charge is 2.43. The first-order chi connectivity index (χ1) is 7.73. The van der Waals surface area contributed by atoms with Gasteiger partial charge in [-0.15, -0.1) is 0 Å². The van der Waals surface area contributed by atoms with E-state index in [-0.39, 0.29) is 6.04 Å². The molecule has 0 unspecified atom stereocenters. The lowest BCUT2D eigenvalue weighted by Crippen LogP contribution is -2.50. The van der Waals surface area contributed by atoms with E-state index in [1.54, 1.807) is 0 Å². The number of piperidine rings is 1. The van der Waals surface area contributed by atoms with Gasteiger partial charge in [-0.05, 0) is 26.7 Å². The van der Waals surface area contributed by atoms with Crippen LogP contribution in [0.3, 0.4) is 0 Å². The second-order valence-electron chi connectivity index (χ2n) is 4.77. The molecular weight excluding hydrogens is 233 g/mol. The largest absolute Gasteiger partial charge is 0.471 e. The van der Waals surface area contributed by atoms with Crippen LogP contribution in [0.5, 0.6) is 0 Å². The molecule has 1 aliphatic heterocycles. The summed E-state index contributed by atoms with van der Waals surface area (Å²) < 4.78 is 36.8. The first kappa shape index (κ1) is 14.3. The van der Waals surface area contributed by atoms with Gasteiger partial charge >= 0.3 is 12.1 Å². The zero-order valence-corrected chi connectivity index (χ0v) is 10.4. The predicted molar refractivity (Wildman–Crippen MR) is 58.6 cm³/mol. The van der Waals surface area contributed by atoms with Gasteiger partial charge in [0.15, 0.2) is 0 Å². The molecule has 1 aliphatic rings. The Morgan fingerprint density at radius 2 is 1.76 bits per heavy atom. The Balaban J connectivity index is 2.52. The fourth-order valence-corrected chi connectivity index (χ4v) is 2.16. The van der Waals surface area contributed by atoms with Gasteiger partial charge in [-0.25, -0.2) is 0 Å². The maximum absolute atomic E-state index is 12.3. The molecule has 0 aromatic rings. The van der Waals surface area contributed by atoms with E-state index in [9.17, 15) is 18.0 Å². The van der Waals surface area contributed by atoms with Gasteiger partial charge in [-0.1, -0.05) is 0 Å². The quantitative estimate of drug-likeness (QED) is 0.749. The molecule has 100 valence electrons. The van der Waals surface area contributed by atoms with Crippen molar-refractivity contribution in [3.8, 4) is 0 Å². The van der Waals surface area contributed by atoms with E-state index in [1.807, 2.05) is 0 Å². The predicted octanol–water partition coefficient (Wildman–Crippen LogP) is 1.88. The molecule has 0 aromatic heterocycles. The highest BCUT2D eigenvalue weighted by molar-refractivity contribution is 5.81. The maximum atomic E-state index is 12.3. The number of carbonyl (C=O) groups is 1. The summed E-state index contributed by atoms with van der Waals surface area (Å²) in [7, 11) is 1.24. The van der Waals surface area contributed by atoms with E-state index in [0.717, 1.165) is 18.0 Å². The Hall–Kier alpha value is -0.780. The second-order valence-corrected chi connectivity index (χ2v) is 4.77. The monoisotopic (exact) mass is 252 g/mol. The van der Waals surface area contributed by atoms with Crippen LogP contribution in [0.4, 0.5) is 13.2 Å². The number of amides is 1. The molecule has 0 radical (unpaired) electrons. The minimum absolute atomic E-state index is 0.292. The summed E-state index contributed by atoms with van der Waals surface area (Å²) in [5.41, 5.74) is 0. The number of rotatable bonds is 2. The highest BCUT2D eigenvalue weighted by Crippen LogP contribution is 2.23. The van der Waals surface area contributed by atoms with Gasteiger partial charge in [-0.3, -0.25) is 4.79 Å². The van der Waals surface area contributed by atoms with Crippen molar-refractivity contribution in [2.45, 2.75) is 44.9 Å². The Morgan fingerprint density at radius 3 is 2.12 bits per heavy atom. The average Bonchev–Trinajstić information content (AvgIpc) is 2.26. The molecule has 0 N–H and O–H groups in total. The van der Waals surface area contributed by atoms with Crippen LogP contribution in [0.25, 0.3) is 0 Å². The number of halogens is 3. The Labute approximate surface area is 99.6 Å². The fourth-order valence-electron chi connectivity index (χ4n) is 2.16. The van der Waals surface area contributed by atoms with Crippen molar-refractivity contribution in [3.05, 3.63) is 0 Å².